The fraction of sp³-hybridized carbons (Fsp3) is 0.316. The van der Waals surface area contributed by atoms with Crippen LogP contribution in [-0.2, 0) is 10.5 Å². The van der Waals surface area contributed by atoms with E-state index < -0.39 is 0 Å². The summed E-state index contributed by atoms with van der Waals surface area (Å²) >= 11 is 1.82. The molecule has 27 heavy (non-hydrogen) atoms. The Morgan fingerprint density at radius 1 is 1.19 bits per heavy atom. The van der Waals surface area contributed by atoms with Crippen LogP contribution >= 0.6 is 11.8 Å². The molecule has 0 atom stereocenters. The zero-order valence-electron chi connectivity index (χ0n) is 15.2. The Labute approximate surface area is 163 Å². The molecule has 142 valence electrons. The third-order valence-electron chi connectivity index (χ3n) is 3.42. The summed E-state index contributed by atoms with van der Waals surface area (Å²) in [6.07, 6.45) is 5.17. The van der Waals surface area contributed by atoms with Gasteiger partial charge in [-0.15, -0.1) is 0 Å². The number of aliphatic imine (C=N–C) groups is 1. The summed E-state index contributed by atoms with van der Waals surface area (Å²) in [7, 11) is 1.67. The predicted octanol–water partition coefficient (Wildman–Crippen LogP) is 2.69. The van der Waals surface area contributed by atoms with Gasteiger partial charge in [0.05, 0.1) is 26.0 Å². The molecule has 0 spiro atoms. The molecule has 0 unspecified atom stereocenters. The van der Waals surface area contributed by atoms with Crippen LogP contribution in [0.15, 0.2) is 53.8 Å². The van der Waals surface area contributed by atoms with Gasteiger partial charge in [0, 0.05) is 30.4 Å². The van der Waals surface area contributed by atoms with E-state index in [9.17, 15) is 0 Å². The van der Waals surface area contributed by atoms with Crippen molar-refractivity contribution in [2.45, 2.75) is 5.75 Å². The molecule has 2 rings (SSSR count). The maximum absolute atomic E-state index is 8.80. The Bertz CT molecular complexity index is 732. The minimum atomic E-state index is 0.390. The van der Waals surface area contributed by atoms with Crippen molar-refractivity contribution < 1.29 is 9.47 Å². The van der Waals surface area contributed by atoms with Crippen LogP contribution in [0.25, 0.3) is 0 Å². The minimum absolute atomic E-state index is 0.390. The third kappa shape index (κ3) is 8.44. The van der Waals surface area contributed by atoms with E-state index >= 15 is 0 Å². The Balaban J connectivity index is 1.57. The van der Waals surface area contributed by atoms with Crippen LogP contribution in [-0.4, -0.2) is 43.6 Å². The first kappa shape index (κ1) is 20.6. The quantitative estimate of drug-likeness (QED) is 0.214. The third-order valence-corrected chi connectivity index (χ3v) is 4.41. The van der Waals surface area contributed by atoms with Crippen LogP contribution in [0.5, 0.6) is 5.75 Å². The van der Waals surface area contributed by atoms with E-state index in [4.69, 9.17) is 14.7 Å². The Hall–Kier alpha value is -2.76. The van der Waals surface area contributed by atoms with Gasteiger partial charge in [-0.1, -0.05) is 12.1 Å². The standard InChI is InChI=1S/C19H23N5O2S/c1-25-18-4-2-16(3-5-18)14-27-13-12-26-11-10-22-19(23-15-20)24-17-6-8-21-9-7-17/h2-9H,10-14H2,1H3,(H2,21,22,23,24). The van der Waals surface area contributed by atoms with Gasteiger partial charge in [0.1, 0.15) is 5.75 Å². The zero-order valence-corrected chi connectivity index (χ0v) is 16.0. The monoisotopic (exact) mass is 385 g/mol. The lowest BCUT2D eigenvalue weighted by Crippen LogP contribution is -2.36. The van der Waals surface area contributed by atoms with Gasteiger partial charge in [-0.25, -0.2) is 4.99 Å². The van der Waals surface area contributed by atoms with Crippen LogP contribution in [0.1, 0.15) is 5.56 Å². The molecule has 8 heteroatoms. The molecule has 2 aromatic rings. The number of ether oxygens (including phenoxy) is 2. The van der Waals surface area contributed by atoms with E-state index in [1.807, 2.05) is 30.1 Å². The van der Waals surface area contributed by atoms with Crippen molar-refractivity contribution in [2.24, 2.45) is 4.99 Å². The average molecular weight is 385 g/mol. The zero-order chi connectivity index (χ0) is 19.2. The Kier molecular flexibility index (Phi) is 9.57. The number of methoxy groups -OCH3 is 1. The fourth-order valence-electron chi connectivity index (χ4n) is 2.09. The highest BCUT2D eigenvalue weighted by molar-refractivity contribution is 7.98. The van der Waals surface area contributed by atoms with Gasteiger partial charge in [-0.05, 0) is 29.8 Å². The van der Waals surface area contributed by atoms with Crippen molar-refractivity contribution in [1.29, 1.82) is 5.26 Å². The average Bonchev–Trinajstić information content (AvgIpc) is 2.71. The Morgan fingerprint density at radius 2 is 1.96 bits per heavy atom. The lowest BCUT2D eigenvalue weighted by atomic mass is 10.2. The van der Waals surface area contributed by atoms with Crippen molar-refractivity contribution in [1.82, 2.24) is 15.6 Å². The van der Waals surface area contributed by atoms with E-state index in [1.54, 1.807) is 31.6 Å². The number of guanidine groups is 1. The van der Waals surface area contributed by atoms with Gasteiger partial charge >= 0.3 is 0 Å². The van der Waals surface area contributed by atoms with Crippen molar-refractivity contribution in [3.63, 3.8) is 0 Å². The van der Waals surface area contributed by atoms with Gasteiger partial charge in [-0.3, -0.25) is 10.3 Å². The van der Waals surface area contributed by atoms with Gasteiger partial charge in [0.25, 0.3) is 0 Å². The molecule has 1 aromatic heterocycles. The number of hydrogen-bond acceptors (Lipinski definition) is 6. The second-order valence-corrected chi connectivity index (χ2v) is 6.45. The molecule has 0 radical (unpaired) electrons. The maximum Gasteiger partial charge on any atom is 0.210 e. The highest BCUT2D eigenvalue weighted by Crippen LogP contribution is 2.16. The predicted molar refractivity (Wildman–Crippen MR) is 108 cm³/mol. The minimum Gasteiger partial charge on any atom is -0.497 e. The summed E-state index contributed by atoms with van der Waals surface area (Å²) in [4.78, 5) is 8.24. The smallest absolute Gasteiger partial charge is 0.210 e. The molecule has 1 aromatic carbocycles. The topological polar surface area (TPSA) is 91.6 Å². The number of aromatic nitrogens is 1. The van der Waals surface area contributed by atoms with Crippen LogP contribution in [0.4, 0.5) is 5.69 Å². The van der Waals surface area contributed by atoms with Crippen LogP contribution in [0, 0.1) is 11.5 Å². The number of hydrogen-bond donors (Lipinski definition) is 2. The van der Waals surface area contributed by atoms with Gasteiger partial charge < -0.3 is 14.8 Å². The van der Waals surface area contributed by atoms with Crippen LogP contribution < -0.4 is 15.4 Å². The molecular weight excluding hydrogens is 362 g/mol. The SMILES string of the molecule is COc1ccc(CSCCOCCN/C(=N\c2ccncc2)NC#N)cc1. The fourth-order valence-corrected chi connectivity index (χ4v) is 2.89. The summed E-state index contributed by atoms with van der Waals surface area (Å²) in [5.74, 6) is 3.12. The van der Waals surface area contributed by atoms with E-state index in [2.05, 4.69) is 32.7 Å². The molecule has 0 aliphatic rings. The van der Waals surface area contributed by atoms with E-state index in [1.165, 1.54) is 5.56 Å². The molecule has 0 bridgehead atoms. The molecule has 0 saturated carbocycles. The highest BCUT2D eigenvalue weighted by atomic mass is 32.2. The summed E-state index contributed by atoms with van der Waals surface area (Å²) in [5, 5.41) is 14.4. The number of rotatable bonds is 10. The first-order valence-electron chi connectivity index (χ1n) is 8.48. The van der Waals surface area contributed by atoms with E-state index in [-0.39, 0.29) is 0 Å². The number of pyridine rings is 1. The van der Waals surface area contributed by atoms with Crippen molar-refractivity contribution in [3.8, 4) is 11.9 Å². The summed E-state index contributed by atoms with van der Waals surface area (Å²) in [5.41, 5.74) is 1.98. The van der Waals surface area contributed by atoms with E-state index in [0.717, 1.165) is 17.3 Å². The van der Waals surface area contributed by atoms with Crippen molar-refractivity contribution in [2.75, 3.05) is 32.6 Å². The summed E-state index contributed by atoms with van der Waals surface area (Å²) in [6.45, 7) is 1.76. The molecule has 0 amide bonds. The van der Waals surface area contributed by atoms with Gasteiger partial charge in [0.2, 0.25) is 5.96 Å². The molecular formula is C19H23N5O2S. The number of nitrogens with zero attached hydrogens (tertiary/aromatic N) is 3. The molecule has 7 nitrogen and oxygen atoms in total. The molecule has 2 N–H and O–H groups in total. The second-order valence-electron chi connectivity index (χ2n) is 5.34. The first-order valence-corrected chi connectivity index (χ1v) is 9.63. The highest BCUT2D eigenvalue weighted by Gasteiger charge is 1.99. The van der Waals surface area contributed by atoms with E-state index in [0.29, 0.717) is 31.4 Å². The normalized spacial score (nSPS) is 10.9. The van der Waals surface area contributed by atoms with Crippen molar-refractivity contribution >= 4 is 23.4 Å². The molecule has 1 heterocycles. The number of nitriles is 1. The largest absolute Gasteiger partial charge is 0.497 e. The Morgan fingerprint density at radius 3 is 2.67 bits per heavy atom. The molecule has 0 aliphatic heterocycles. The maximum atomic E-state index is 8.80. The van der Waals surface area contributed by atoms with Crippen LogP contribution in [0.3, 0.4) is 0 Å². The first-order chi connectivity index (χ1) is 13.3. The lowest BCUT2D eigenvalue weighted by Gasteiger charge is -2.09. The lowest BCUT2D eigenvalue weighted by molar-refractivity contribution is 0.155. The molecule has 0 aliphatic carbocycles. The van der Waals surface area contributed by atoms with Gasteiger partial charge in [0.15, 0.2) is 6.19 Å². The summed E-state index contributed by atoms with van der Waals surface area (Å²) in [6, 6.07) is 11.6. The summed E-state index contributed by atoms with van der Waals surface area (Å²) < 4.78 is 10.8. The molecule has 0 saturated heterocycles. The number of benzene rings is 1. The van der Waals surface area contributed by atoms with Crippen LogP contribution in [0.2, 0.25) is 0 Å². The number of thioether (sulfide) groups is 1. The van der Waals surface area contributed by atoms with Gasteiger partial charge in [-0.2, -0.15) is 17.0 Å². The number of nitrogens with one attached hydrogen (secondary N) is 2. The second kappa shape index (κ2) is 12.6. The molecule has 0 fully saturated rings. The van der Waals surface area contributed by atoms with Crippen molar-refractivity contribution in [3.05, 3.63) is 54.4 Å².